The summed E-state index contributed by atoms with van der Waals surface area (Å²) in [4.78, 5) is 13.9. The third kappa shape index (κ3) is 4.20. The average molecular weight is 272 g/mol. The number of likely N-dealkylation sites (N-methyl/N-ethyl adjacent to an activating group) is 1. The van der Waals surface area contributed by atoms with E-state index in [1.807, 2.05) is 62.6 Å². The van der Waals surface area contributed by atoms with Crippen molar-refractivity contribution >= 4 is 11.6 Å². The van der Waals surface area contributed by atoms with Crippen molar-refractivity contribution in [3.8, 4) is 0 Å². The molecule has 2 rings (SSSR count). The second kappa shape index (κ2) is 6.34. The summed E-state index contributed by atoms with van der Waals surface area (Å²) in [6.45, 7) is 3.06. The lowest BCUT2D eigenvalue weighted by atomic mass is 10.2. The summed E-state index contributed by atoms with van der Waals surface area (Å²) in [5, 5.41) is 7.02. The number of rotatable bonds is 5. The topological polar surface area (TPSA) is 50.2 Å². The quantitative estimate of drug-likeness (QED) is 0.903. The number of carbonyl (C=O) groups is 1. The highest BCUT2D eigenvalue weighted by atomic mass is 16.2. The molecule has 106 valence electrons. The van der Waals surface area contributed by atoms with Gasteiger partial charge in [-0.1, -0.05) is 12.1 Å². The molecule has 1 amide bonds. The van der Waals surface area contributed by atoms with Gasteiger partial charge in [-0.2, -0.15) is 5.10 Å². The highest BCUT2D eigenvalue weighted by Crippen LogP contribution is 2.09. The second-order valence-corrected chi connectivity index (χ2v) is 5.11. The molecular weight excluding hydrogens is 252 g/mol. The smallest absolute Gasteiger partial charge is 0.238 e. The molecule has 0 spiro atoms. The zero-order valence-electron chi connectivity index (χ0n) is 12.1. The van der Waals surface area contributed by atoms with E-state index in [-0.39, 0.29) is 5.91 Å². The minimum atomic E-state index is -0.0120. The maximum Gasteiger partial charge on any atom is 0.238 e. The Balaban J connectivity index is 1.84. The van der Waals surface area contributed by atoms with Crippen LogP contribution in [0.15, 0.2) is 36.7 Å². The summed E-state index contributed by atoms with van der Waals surface area (Å²) in [7, 11) is 3.80. The fraction of sp³-hybridized carbons (Fsp3) is 0.333. The van der Waals surface area contributed by atoms with Crippen LogP contribution in [0.5, 0.6) is 0 Å². The maximum absolute atomic E-state index is 12.0. The summed E-state index contributed by atoms with van der Waals surface area (Å²) in [5.74, 6) is -0.0120. The highest BCUT2D eigenvalue weighted by Gasteiger charge is 2.08. The van der Waals surface area contributed by atoms with E-state index in [1.165, 1.54) is 0 Å². The van der Waals surface area contributed by atoms with Crippen LogP contribution in [0, 0.1) is 6.92 Å². The van der Waals surface area contributed by atoms with Gasteiger partial charge in [0.25, 0.3) is 0 Å². The molecule has 0 fully saturated rings. The van der Waals surface area contributed by atoms with Crippen molar-refractivity contribution in [1.29, 1.82) is 0 Å². The Morgan fingerprint density at radius 1 is 1.45 bits per heavy atom. The molecule has 1 heterocycles. The fourth-order valence-electron chi connectivity index (χ4n) is 2.09. The first-order valence-electron chi connectivity index (χ1n) is 6.55. The molecule has 1 aromatic heterocycles. The summed E-state index contributed by atoms with van der Waals surface area (Å²) in [5.41, 5.74) is 3.06. The molecule has 1 N–H and O–H groups in total. The SMILES string of the molecule is Cc1cccc(NC(=O)CN(C)Cc2cnn(C)c2)c1. The standard InChI is InChI=1S/C15H20N4O/c1-12-5-4-6-14(7-12)17-15(20)11-18(2)9-13-8-16-19(3)10-13/h4-8,10H,9,11H2,1-3H3,(H,17,20). The van der Waals surface area contributed by atoms with Crippen molar-refractivity contribution in [3.63, 3.8) is 0 Å². The Kier molecular flexibility index (Phi) is 4.53. The van der Waals surface area contributed by atoms with Gasteiger partial charge in [0, 0.05) is 31.0 Å². The first kappa shape index (κ1) is 14.3. The Labute approximate surface area is 119 Å². The van der Waals surface area contributed by atoms with E-state index in [4.69, 9.17) is 0 Å². The molecule has 0 radical (unpaired) electrons. The van der Waals surface area contributed by atoms with Gasteiger partial charge in [0.05, 0.1) is 12.7 Å². The van der Waals surface area contributed by atoms with Crippen LogP contribution in [0.4, 0.5) is 5.69 Å². The van der Waals surface area contributed by atoms with Gasteiger partial charge in [0.1, 0.15) is 0 Å². The van der Waals surface area contributed by atoms with Gasteiger partial charge in [-0.3, -0.25) is 14.4 Å². The number of nitrogens with zero attached hydrogens (tertiary/aromatic N) is 3. The van der Waals surface area contributed by atoms with Gasteiger partial charge in [-0.25, -0.2) is 0 Å². The number of hydrogen-bond acceptors (Lipinski definition) is 3. The third-order valence-corrected chi connectivity index (χ3v) is 2.93. The van der Waals surface area contributed by atoms with Crippen molar-refractivity contribution in [1.82, 2.24) is 14.7 Å². The first-order chi connectivity index (χ1) is 9.52. The largest absolute Gasteiger partial charge is 0.325 e. The number of amides is 1. The normalized spacial score (nSPS) is 10.8. The molecule has 2 aromatic rings. The molecule has 0 saturated heterocycles. The monoisotopic (exact) mass is 272 g/mol. The van der Waals surface area contributed by atoms with Crippen molar-refractivity contribution in [2.45, 2.75) is 13.5 Å². The van der Waals surface area contributed by atoms with Crippen molar-refractivity contribution < 1.29 is 4.79 Å². The summed E-state index contributed by atoms with van der Waals surface area (Å²) in [6.07, 6.45) is 3.77. The van der Waals surface area contributed by atoms with Gasteiger partial charge < -0.3 is 5.32 Å². The van der Waals surface area contributed by atoms with Crippen LogP contribution in [-0.4, -0.2) is 34.2 Å². The van der Waals surface area contributed by atoms with Crippen LogP contribution < -0.4 is 5.32 Å². The third-order valence-electron chi connectivity index (χ3n) is 2.93. The maximum atomic E-state index is 12.0. The Morgan fingerprint density at radius 2 is 2.25 bits per heavy atom. The van der Waals surface area contributed by atoms with Crippen molar-refractivity contribution in [3.05, 3.63) is 47.8 Å². The van der Waals surface area contributed by atoms with Crippen LogP contribution in [0.1, 0.15) is 11.1 Å². The van der Waals surface area contributed by atoms with E-state index in [1.54, 1.807) is 4.68 Å². The zero-order valence-corrected chi connectivity index (χ0v) is 12.1. The average Bonchev–Trinajstić information content (AvgIpc) is 2.74. The molecule has 0 unspecified atom stereocenters. The number of aromatic nitrogens is 2. The van der Waals surface area contributed by atoms with E-state index in [9.17, 15) is 4.79 Å². The summed E-state index contributed by atoms with van der Waals surface area (Å²) < 4.78 is 1.76. The van der Waals surface area contributed by atoms with Gasteiger partial charge in [0.2, 0.25) is 5.91 Å². The lowest BCUT2D eigenvalue weighted by molar-refractivity contribution is -0.117. The summed E-state index contributed by atoms with van der Waals surface area (Å²) >= 11 is 0. The van der Waals surface area contributed by atoms with E-state index in [0.29, 0.717) is 13.1 Å². The molecular formula is C15H20N4O. The van der Waals surface area contributed by atoms with E-state index in [0.717, 1.165) is 16.8 Å². The number of carbonyl (C=O) groups excluding carboxylic acids is 1. The molecule has 0 bridgehead atoms. The lowest BCUT2D eigenvalue weighted by Crippen LogP contribution is -2.29. The van der Waals surface area contributed by atoms with Gasteiger partial charge in [-0.05, 0) is 31.7 Å². The van der Waals surface area contributed by atoms with Gasteiger partial charge in [-0.15, -0.1) is 0 Å². The molecule has 0 aliphatic heterocycles. The first-order valence-corrected chi connectivity index (χ1v) is 6.55. The number of hydrogen-bond donors (Lipinski definition) is 1. The van der Waals surface area contributed by atoms with Gasteiger partial charge in [0.15, 0.2) is 0 Å². The van der Waals surface area contributed by atoms with Gasteiger partial charge >= 0.3 is 0 Å². The Hall–Kier alpha value is -2.14. The van der Waals surface area contributed by atoms with E-state index >= 15 is 0 Å². The Morgan fingerprint density at radius 3 is 2.90 bits per heavy atom. The zero-order chi connectivity index (χ0) is 14.5. The fourth-order valence-corrected chi connectivity index (χ4v) is 2.09. The molecule has 0 saturated carbocycles. The molecule has 5 heteroatoms. The van der Waals surface area contributed by atoms with Crippen LogP contribution in [-0.2, 0) is 18.4 Å². The number of aryl methyl sites for hydroxylation is 2. The molecule has 1 aromatic carbocycles. The van der Waals surface area contributed by atoms with E-state index < -0.39 is 0 Å². The second-order valence-electron chi connectivity index (χ2n) is 5.11. The van der Waals surface area contributed by atoms with Crippen LogP contribution in [0.3, 0.4) is 0 Å². The van der Waals surface area contributed by atoms with Crippen LogP contribution in [0.25, 0.3) is 0 Å². The number of anilines is 1. The van der Waals surface area contributed by atoms with Crippen molar-refractivity contribution in [2.24, 2.45) is 7.05 Å². The minimum absolute atomic E-state index is 0.0120. The number of nitrogens with one attached hydrogen (secondary N) is 1. The van der Waals surface area contributed by atoms with Crippen molar-refractivity contribution in [2.75, 3.05) is 18.9 Å². The predicted molar refractivity (Wildman–Crippen MR) is 79.4 cm³/mol. The molecule has 0 atom stereocenters. The lowest BCUT2D eigenvalue weighted by Gasteiger charge is -2.15. The number of benzene rings is 1. The summed E-state index contributed by atoms with van der Waals surface area (Å²) in [6, 6.07) is 7.79. The van der Waals surface area contributed by atoms with E-state index in [2.05, 4.69) is 10.4 Å². The van der Waals surface area contributed by atoms with Crippen LogP contribution in [0.2, 0.25) is 0 Å². The Bertz CT molecular complexity index is 591. The molecule has 0 aliphatic rings. The minimum Gasteiger partial charge on any atom is -0.325 e. The molecule has 5 nitrogen and oxygen atoms in total. The molecule has 0 aliphatic carbocycles. The highest BCUT2D eigenvalue weighted by molar-refractivity contribution is 5.92. The molecule has 20 heavy (non-hydrogen) atoms. The predicted octanol–water partition coefficient (Wildman–Crippen LogP) is 1.80. The van der Waals surface area contributed by atoms with Crippen LogP contribution >= 0.6 is 0 Å².